The standard InChI is InChI=1S/C14H17N3O2/c1-16-6-4-10-2-3-12(8-11(10)9-16)17-7-5-13(18)15-14(17)19/h2-3,8H,4-7,9H2,1H3,(H,15,18,19). The molecule has 2 aliphatic heterocycles. The maximum atomic E-state index is 11.8. The normalized spacial score (nSPS) is 20.2. The average molecular weight is 259 g/mol. The maximum absolute atomic E-state index is 11.8. The minimum absolute atomic E-state index is 0.195. The number of nitrogens with zero attached hydrogens (tertiary/aromatic N) is 2. The van der Waals surface area contributed by atoms with Gasteiger partial charge in [0, 0.05) is 31.7 Å². The van der Waals surface area contributed by atoms with Gasteiger partial charge in [-0.3, -0.25) is 15.0 Å². The Hall–Kier alpha value is -1.88. The molecule has 5 nitrogen and oxygen atoms in total. The first-order valence-electron chi connectivity index (χ1n) is 6.55. The van der Waals surface area contributed by atoms with Crippen LogP contribution in [0.5, 0.6) is 0 Å². The minimum Gasteiger partial charge on any atom is -0.302 e. The summed E-state index contributed by atoms with van der Waals surface area (Å²) < 4.78 is 0. The van der Waals surface area contributed by atoms with E-state index in [1.165, 1.54) is 11.1 Å². The fraction of sp³-hybridized carbons (Fsp3) is 0.429. The van der Waals surface area contributed by atoms with Gasteiger partial charge in [0.25, 0.3) is 0 Å². The zero-order valence-corrected chi connectivity index (χ0v) is 11.0. The van der Waals surface area contributed by atoms with Gasteiger partial charge in [0.1, 0.15) is 0 Å². The van der Waals surface area contributed by atoms with Crippen LogP contribution < -0.4 is 10.2 Å². The van der Waals surface area contributed by atoms with Crippen LogP contribution in [0.15, 0.2) is 18.2 Å². The van der Waals surface area contributed by atoms with E-state index in [4.69, 9.17) is 0 Å². The zero-order chi connectivity index (χ0) is 13.4. The van der Waals surface area contributed by atoms with Gasteiger partial charge in [-0.2, -0.15) is 0 Å². The molecule has 0 radical (unpaired) electrons. The number of rotatable bonds is 1. The summed E-state index contributed by atoms with van der Waals surface area (Å²) >= 11 is 0. The molecule has 3 amide bonds. The number of carbonyl (C=O) groups excluding carboxylic acids is 2. The van der Waals surface area contributed by atoms with Gasteiger partial charge in [-0.25, -0.2) is 4.79 Å². The molecule has 0 spiro atoms. The molecular weight excluding hydrogens is 242 g/mol. The predicted molar refractivity (Wildman–Crippen MR) is 72.0 cm³/mol. The first-order valence-corrected chi connectivity index (χ1v) is 6.55. The van der Waals surface area contributed by atoms with E-state index in [-0.39, 0.29) is 11.9 Å². The Bertz CT molecular complexity index is 541. The highest BCUT2D eigenvalue weighted by atomic mass is 16.2. The molecule has 5 heteroatoms. The number of amides is 3. The molecule has 0 aromatic heterocycles. The van der Waals surface area contributed by atoms with Gasteiger partial charge in [0.05, 0.1) is 0 Å². The van der Waals surface area contributed by atoms with E-state index < -0.39 is 0 Å². The third kappa shape index (κ3) is 2.33. The van der Waals surface area contributed by atoms with Crippen molar-refractivity contribution in [2.75, 3.05) is 25.0 Å². The number of hydrogen-bond acceptors (Lipinski definition) is 3. The van der Waals surface area contributed by atoms with Crippen LogP contribution in [0.3, 0.4) is 0 Å². The number of hydrogen-bond donors (Lipinski definition) is 1. The van der Waals surface area contributed by atoms with Crippen molar-refractivity contribution in [1.82, 2.24) is 10.2 Å². The Morgan fingerprint density at radius 1 is 1.11 bits per heavy atom. The molecule has 3 rings (SSSR count). The lowest BCUT2D eigenvalue weighted by atomic mass is 9.99. The second kappa shape index (κ2) is 4.66. The van der Waals surface area contributed by atoms with E-state index >= 15 is 0 Å². The minimum atomic E-state index is -0.319. The molecule has 0 saturated carbocycles. The number of nitrogens with one attached hydrogen (secondary N) is 1. The smallest absolute Gasteiger partial charge is 0.302 e. The van der Waals surface area contributed by atoms with Gasteiger partial charge in [-0.15, -0.1) is 0 Å². The number of imide groups is 1. The highest BCUT2D eigenvalue weighted by molar-refractivity contribution is 6.05. The largest absolute Gasteiger partial charge is 0.328 e. The Morgan fingerprint density at radius 3 is 2.74 bits per heavy atom. The quantitative estimate of drug-likeness (QED) is 0.822. The number of benzene rings is 1. The summed E-state index contributed by atoms with van der Waals surface area (Å²) in [5.41, 5.74) is 3.50. The van der Waals surface area contributed by atoms with Crippen molar-refractivity contribution in [3.8, 4) is 0 Å². The molecule has 2 aliphatic rings. The topological polar surface area (TPSA) is 52.6 Å². The summed E-state index contributed by atoms with van der Waals surface area (Å²) in [6.07, 6.45) is 1.42. The van der Waals surface area contributed by atoms with E-state index in [2.05, 4.69) is 29.4 Å². The van der Waals surface area contributed by atoms with Crippen LogP contribution in [0.4, 0.5) is 10.5 Å². The second-order valence-electron chi connectivity index (χ2n) is 5.20. The SMILES string of the molecule is CN1CCc2ccc(N3CCC(=O)NC3=O)cc2C1. The van der Waals surface area contributed by atoms with Crippen LogP contribution >= 0.6 is 0 Å². The van der Waals surface area contributed by atoms with Crippen molar-refractivity contribution in [2.24, 2.45) is 0 Å². The number of anilines is 1. The Kier molecular flexibility index (Phi) is 2.98. The van der Waals surface area contributed by atoms with E-state index in [1.807, 2.05) is 6.07 Å². The van der Waals surface area contributed by atoms with Crippen LogP contribution in [0.25, 0.3) is 0 Å². The van der Waals surface area contributed by atoms with Gasteiger partial charge in [0.2, 0.25) is 5.91 Å². The van der Waals surface area contributed by atoms with Crippen molar-refractivity contribution in [3.63, 3.8) is 0 Å². The van der Waals surface area contributed by atoms with E-state index in [0.29, 0.717) is 13.0 Å². The van der Waals surface area contributed by atoms with Gasteiger partial charge in [-0.1, -0.05) is 6.07 Å². The third-order valence-electron chi connectivity index (χ3n) is 3.76. The molecule has 1 saturated heterocycles. The summed E-state index contributed by atoms with van der Waals surface area (Å²) in [4.78, 5) is 26.9. The molecule has 2 heterocycles. The number of fused-ring (bicyclic) bond motifs is 1. The lowest BCUT2D eigenvalue weighted by Crippen LogP contribution is -2.49. The average Bonchev–Trinajstić information content (AvgIpc) is 2.38. The van der Waals surface area contributed by atoms with E-state index in [1.54, 1.807) is 4.90 Å². The first-order chi connectivity index (χ1) is 9.13. The molecular formula is C14H17N3O2. The van der Waals surface area contributed by atoms with Gasteiger partial charge in [0.15, 0.2) is 0 Å². The number of carbonyl (C=O) groups is 2. The monoisotopic (exact) mass is 259 g/mol. The van der Waals surface area contributed by atoms with Crippen molar-refractivity contribution in [3.05, 3.63) is 29.3 Å². The first kappa shape index (κ1) is 12.2. The van der Waals surface area contributed by atoms with Crippen molar-refractivity contribution < 1.29 is 9.59 Å². The van der Waals surface area contributed by atoms with Crippen LogP contribution in [0, 0.1) is 0 Å². The third-order valence-corrected chi connectivity index (χ3v) is 3.76. The van der Waals surface area contributed by atoms with Crippen molar-refractivity contribution in [2.45, 2.75) is 19.4 Å². The lowest BCUT2D eigenvalue weighted by Gasteiger charge is -2.29. The van der Waals surface area contributed by atoms with E-state index in [0.717, 1.165) is 25.2 Å². The number of urea groups is 1. The molecule has 100 valence electrons. The van der Waals surface area contributed by atoms with Crippen LogP contribution in [-0.4, -0.2) is 37.0 Å². The lowest BCUT2D eigenvalue weighted by molar-refractivity contribution is -0.120. The number of likely N-dealkylation sites (N-methyl/N-ethyl adjacent to an activating group) is 1. The van der Waals surface area contributed by atoms with E-state index in [9.17, 15) is 9.59 Å². The fourth-order valence-electron chi connectivity index (χ4n) is 2.66. The van der Waals surface area contributed by atoms with Crippen LogP contribution in [0.2, 0.25) is 0 Å². The van der Waals surface area contributed by atoms with Crippen molar-refractivity contribution >= 4 is 17.6 Å². The predicted octanol–water partition coefficient (Wildman–Crippen LogP) is 1.12. The van der Waals surface area contributed by atoms with Crippen LogP contribution in [0.1, 0.15) is 17.5 Å². The second-order valence-corrected chi connectivity index (χ2v) is 5.20. The molecule has 0 aliphatic carbocycles. The van der Waals surface area contributed by atoms with Crippen molar-refractivity contribution in [1.29, 1.82) is 0 Å². The molecule has 1 fully saturated rings. The summed E-state index contributed by atoms with van der Waals surface area (Å²) in [7, 11) is 2.10. The zero-order valence-electron chi connectivity index (χ0n) is 11.0. The molecule has 0 atom stereocenters. The summed E-state index contributed by atoms with van der Waals surface area (Å²) in [6, 6.07) is 5.82. The fourth-order valence-corrected chi connectivity index (χ4v) is 2.66. The van der Waals surface area contributed by atoms with Gasteiger partial charge < -0.3 is 4.90 Å². The highest BCUT2D eigenvalue weighted by Crippen LogP contribution is 2.25. The summed E-state index contributed by atoms with van der Waals surface area (Å²) in [5.74, 6) is -0.195. The summed E-state index contributed by atoms with van der Waals surface area (Å²) in [6.45, 7) is 2.45. The van der Waals surface area contributed by atoms with Crippen LogP contribution in [-0.2, 0) is 17.8 Å². The van der Waals surface area contributed by atoms with Gasteiger partial charge in [-0.05, 0) is 36.7 Å². The Balaban J connectivity index is 1.87. The maximum Gasteiger partial charge on any atom is 0.328 e. The Morgan fingerprint density at radius 2 is 1.95 bits per heavy atom. The Labute approximate surface area is 112 Å². The molecule has 1 aromatic rings. The molecule has 1 aromatic carbocycles. The molecule has 19 heavy (non-hydrogen) atoms. The molecule has 1 N–H and O–H groups in total. The molecule has 0 bridgehead atoms. The van der Waals surface area contributed by atoms with Gasteiger partial charge >= 0.3 is 6.03 Å². The summed E-state index contributed by atoms with van der Waals surface area (Å²) in [5, 5.41) is 2.35. The molecule has 0 unspecified atom stereocenters. The highest BCUT2D eigenvalue weighted by Gasteiger charge is 2.25.